The zero-order valence-corrected chi connectivity index (χ0v) is 20.2. The lowest BCUT2D eigenvalue weighted by Crippen LogP contribution is -2.40. The van der Waals surface area contributed by atoms with E-state index in [2.05, 4.69) is 4.98 Å². The number of aromatic amines is 1. The maximum atomic E-state index is 12.6. The molecule has 1 aliphatic rings. The van der Waals surface area contributed by atoms with Crippen molar-refractivity contribution in [1.82, 2.24) is 9.55 Å². The lowest BCUT2D eigenvalue weighted by molar-refractivity contribution is -0.0764. The molecule has 1 N–H and O–H groups in total. The van der Waals surface area contributed by atoms with Crippen LogP contribution in [0.1, 0.15) is 6.23 Å². The Kier molecular flexibility index (Phi) is 9.77. The van der Waals surface area contributed by atoms with Gasteiger partial charge in [-0.25, -0.2) is 4.79 Å². The van der Waals surface area contributed by atoms with Crippen molar-refractivity contribution in [3.05, 3.63) is 45.0 Å². The molecule has 182 valence electrons. The predicted molar refractivity (Wildman–Crippen MR) is 113 cm³/mol. The Hall–Kier alpha value is -1.40. The van der Waals surface area contributed by atoms with E-state index in [1.807, 2.05) is 0 Å². The summed E-state index contributed by atoms with van der Waals surface area (Å²) in [5.41, 5.74) is -1.35. The van der Waals surface area contributed by atoms with Crippen molar-refractivity contribution in [2.75, 3.05) is 48.3 Å². The van der Waals surface area contributed by atoms with Crippen LogP contribution in [-0.4, -0.2) is 76.2 Å². The Balaban J connectivity index is 2.51. The second-order valence-corrected chi connectivity index (χ2v) is 10.8. The average Bonchev–Trinajstić information content (AvgIpc) is 3.08. The quantitative estimate of drug-likeness (QED) is 0.328. The molecule has 2 rings (SSSR count). The van der Waals surface area contributed by atoms with Gasteiger partial charge in [-0.15, -0.1) is 0 Å². The number of aromatic nitrogens is 2. The summed E-state index contributed by atoms with van der Waals surface area (Å²) in [7, 11) is -2.00. The molecule has 0 spiro atoms. The van der Waals surface area contributed by atoms with E-state index in [0.717, 1.165) is 16.5 Å². The molecule has 0 aromatic carbocycles. The van der Waals surface area contributed by atoms with Crippen LogP contribution in [0.3, 0.4) is 0 Å². The number of hydrogen-bond donors (Lipinski definition) is 1. The molecule has 1 aromatic heterocycles. The summed E-state index contributed by atoms with van der Waals surface area (Å²) in [5, 5.41) is 0. The number of hydrogen-bond acceptors (Lipinski definition) is 11. The molecule has 2 heterocycles. The van der Waals surface area contributed by atoms with E-state index in [4.69, 9.17) is 32.3 Å². The van der Waals surface area contributed by atoms with Crippen molar-refractivity contribution in [3.63, 3.8) is 0 Å². The lowest BCUT2D eigenvalue weighted by Gasteiger charge is -2.26. The summed E-state index contributed by atoms with van der Waals surface area (Å²) in [6, 6.07) is 1.14. The molecule has 1 unspecified atom stereocenters. The van der Waals surface area contributed by atoms with Crippen molar-refractivity contribution in [2.45, 2.75) is 24.5 Å². The Bertz CT molecular complexity index is 983. The minimum atomic E-state index is -3.57. The van der Waals surface area contributed by atoms with Crippen LogP contribution in [0.15, 0.2) is 33.7 Å². The molecule has 1 saturated heterocycles. The predicted octanol–water partition coefficient (Wildman–Crippen LogP) is 1.32. The molecule has 0 saturated carbocycles. The Morgan fingerprint density at radius 3 is 2.34 bits per heavy atom. The molecule has 32 heavy (non-hydrogen) atoms. The maximum absolute atomic E-state index is 12.6. The van der Waals surface area contributed by atoms with Gasteiger partial charge in [-0.2, -0.15) is 0 Å². The normalized spacial score (nSPS) is 25.9. The average molecular weight is 498 g/mol. The van der Waals surface area contributed by atoms with Gasteiger partial charge in [-0.1, -0.05) is 0 Å². The molecule has 1 aromatic rings. The summed E-state index contributed by atoms with van der Waals surface area (Å²) in [6.45, 7) is 1.56. The van der Waals surface area contributed by atoms with E-state index < -0.39 is 51.0 Å². The van der Waals surface area contributed by atoms with Crippen LogP contribution >= 0.6 is 15.2 Å². The first-order valence-corrected chi connectivity index (χ1v) is 13.0. The van der Waals surface area contributed by atoms with Crippen LogP contribution < -0.4 is 11.2 Å². The first-order valence-electron chi connectivity index (χ1n) is 9.39. The summed E-state index contributed by atoms with van der Waals surface area (Å²) >= 11 is 0. The molecule has 0 radical (unpaired) electrons. The molecule has 15 heteroatoms. The van der Waals surface area contributed by atoms with E-state index in [9.17, 15) is 18.7 Å². The number of ether oxygens (including phenoxy) is 3. The highest BCUT2D eigenvalue weighted by Crippen LogP contribution is 2.51. The van der Waals surface area contributed by atoms with Crippen molar-refractivity contribution in [2.24, 2.45) is 0 Å². The molecular weight excluding hydrogens is 470 g/mol. The molecule has 13 nitrogen and oxygen atoms in total. The largest absolute Gasteiger partial charge is 0.382 e. The molecule has 0 amide bonds. The molecule has 1 fully saturated rings. The summed E-state index contributed by atoms with van der Waals surface area (Å²) in [6.07, 6.45) is -1.58. The summed E-state index contributed by atoms with van der Waals surface area (Å²) in [5.74, 6) is 1.16. The fraction of sp³-hybridized carbons (Fsp3) is 0.647. The van der Waals surface area contributed by atoms with E-state index in [-0.39, 0.29) is 13.2 Å². The Labute approximate surface area is 184 Å². The molecule has 0 aliphatic carbocycles. The molecular formula is C17H28N2O11P2. The number of H-pyrrole nitrogens is 1. The minimum absolute atomic E-state index is 0.0884. The number of methoxy groups -OCH3 is 1. The number of nitrogens with zero attached hydrogens (tertiary/aromatic N) is 1. The minimum Gasteiger partial charge on any atom is -0.382 e. The third-order valence-electron chi connectivity index (χ3n) is 4.56. The van der Waals surface area contributed by atoms with E-state index >= 15 is 0 Å². The number of rotatable bonds is 12. The highest BCUT2D eigenvalue weighted by atomic mass is 31.2. The van der Waals surface area contributed by atoms with Crippen LogP contribution in [0, 0.1) is 0 Å². The van der Waals surface area contributed by atoms with Gasteiger partial charge in [-0.3, -0.25) is 28.0 Å². The van der Waals surface area contributed by atoms with Gasteiger partial charge in [0.1, 0.15) is 18.3 Å². The lowest BCUT2D eigenvalue weighted by atomic mass is 10.1. The summed E-state index contributed by atoms with van der Waals surface area (Å²) < 4.78 is 63.3. The van der Waals surface area contributed by atoms with Crippen molar-refractivity contribution >= 4 is 15.2 Å². The van der Waals surface area contributed by atoms with Crippen LogP contribution in [0.4, 0.5) is 0 Å². The zero-order chi connectivity index (χ0) is 23.9. The first-order chi connectivity index (χ1) is 15.1. The van der Waals surface area contributed by atoms with Crippen LogP contribution in [0.2, 0.25) is 0 Å². The third-order valence-corrected chi connectivity index (χ3v) is 7.41. The zero-order valence-electron chi connectivity index (χ0n) is 18.4. The van der Waals surface area contributed by atoms with Gasteiger partial charge >= 0.3 is 20.9 Å². The number of nitrogens with one attached hydrogen (secondary N) is 1. The second-order valence-electron chi connectivity index (χ2n) is 6.61. The van der Waals surface area contributed by atoms with Gasteiger partial charge in [0, 0.05) is 53.2 Å². The van der Waals surface area contributed by atoms with Crippen LogP contribution in [0.5, 0.6) is 0 Å². The monoisotopic (exact) mass is 498 g/mol. The van der Waals surface area contributed by atoms with Gasteiger partial charge in [0.15, 0.2) is 6.23 Å². The maximum Gasteiger partial charge on any atom is 0.353 e. The topological polar surface area (TPSA) is 154 Å². The van der Waals surface area contributed by atoms with Gasteiger partial charge in [0.2, 0.25) is 0 Å². The SMILES string of the molecule is COCCO[C@@H]1[C@H](OP(C)(=O)OC)[C@@H](/C=C/P(=O)(OC)OC)O[C@H]1n1ccc(=O)[nH]c1=O. The smallest absolute Gasteiger partial charge is 0.353 e. The molecule has 0 bridgehead atoms. The van der Waals surface area contributed by atoms with Gasteiger partial charge in [0.25, 0.3) is 5.56 Å². The van der Waals surface area contributed by atoms with Gasteiger partial charge < -0.3 is 27.8 Å². The van der Waals surface area contributed by atoms with E-state index in [1.54, 1.807) is 0 Å². The fourth-order valence-corrected chi connectivity index (χ4v) is 4.43. The summed E-state index contributed by atoms with van der Waals surface area (Å²) in [4.78, 5) is 26.0. The van der Waals surface area contributed by atoms with Crippen molar-refractivity contribution < 1.29 is 41.4 Å². The standard InChI is InChI=1S/C17H28N2O11P2/c1-24-9-10-28-15-14(30-31(5,22)25-2)12(7-11-32(23,26-3)27-4)29-16(15)19-8-6-13(20)18-17(19)21/h6-8,11-12,14-16H,9-10H2,1-5H3,(H,18,20,21)/b11-7+/t12-,14-,15-,16-,31?/m1/s1. The fourth-order valence-electron chi connectivity index (χ4n) is 2.89. The highest BCUT2D eigenvalue weighted by molar-refractivity contribution is 7.57. The van der Waals surface area contributed by atoms with Crippen LogP contribution in [0.25, 0.3) is 0 Å². The Morgan fingerprint density at radius 1 is 1.09 bits per heavy atom. The van der Waals surface area contributed by atoms with Gasteiger partial charge in [-0.05, 0) is 6.08 Å². The van der Waals surface area contributed by atoms with E-state index in [0.29, 0.717) is 0 Å². The van der Waals surface area contributed by atoms with Crippen molar-refractivity contribution in [1.29, 1.82) is 0 Å². The Morgan fingerprint density at radius 2 is 1.78 bits per heavy atom. The van der Waals surface area contributed by atoms with Crippen LogP contribution in [-0.2, 0) is 41.4 Å². The second kappa shape index (κ2) is 11.6. The van der Waals surface area contributed by atoms with Gasteiger partial charge in [0.05, 0.1) is 13.2 Å². The third kappa shape index (κ3) is 6.80. The first kappa shape index (κ1) is 26.8. The van der Waals surface area contributed by atoms with E-state index in [1.165, 1.54) is 47.4 Å². The highest BCUT2D eigenvalue weighted by Gasteiger charge is 2.49. The molecule has 5 atom stereocenters. The van der Waals surface area contributed by atoms with Crippen molar-refractivity contribution in [3.8, 4) is 0 Å². The molecule has 1 aliphatic heterocycles.